The molecule has 0 N–H and O–H groups in total. The van der Waals surface area contributed by atoms with Crippen molar-refractivity contribution in [3.63, 3.8) is 0 Å². The molecule has 2 heteroatoms. The molecule has 1 nitrogen and oxygen atoms in total. The summed E-state index contributed by atoms with van der Waals surface area (Å²) >= 11 is 1.70. The van der Waals surface area contributed by atoms with Crippen molar-refractivity contribution >= 4 is 21.6 Å². The molecule has 0 aliphatic heterocycles. The molecule has 0 spiro atoms. The zero-order valence-corrected chi connectivity index (χ0v) is 12.3. The first kappa shape index (κ1) is 12.4. The van der Waals surface area contributed by atoms with Crippen molar-refractivity contribution in [2.75, 3.05) is 0 Å². The zero-order valence-electron chi connectivity index (χ0n) is 11.5. The molecule has 1 aromatic heterocycles. The molecule has 0 bridgehead atoms. The van der Waals surface area contributed by atoms with Crippen LogP contribution in [0.4, 0.5) is 0 Å². The number of benzene rings is 2. The van der Waals surface area contributed by atoms with Crippen molar-refractivity contribution in [1.29, 1.82) is 0 Å². The number of hydrogen-bond donors (Lipinski definition) is 0. The fourth-order valence-corrected chi connectivity index (χ4v) is 3.13. The van der Waals surface area contributed by atoms with Gasteiger partial charge in [-0.05, 0) is 34.2 Å². The predicted molar refractivity (Wildman–Crippen MR) is 83.8 cm³/mol. The lowest BCUT2D eigenvalue weighted by Crippen LogP contribution is -2.12. The van der Waals surface area contributed by atoms with Gasteiger partial charge in [0, 0.05) is 0 Å². The van der Waals surface area contributed by atoms with Crippen molar-refractivity contribution < 1.29 is 0 Å². The fourth-order valence-electron chi connectivity index (χ4n) is 2.41. The van der Waals surface area contributed by atoms with Crippen LogP contribution in [-0.4, -0.2) is 4.98 Å². The van der Waals surface area contributed by atoms with Gasteiger partial charge in [0.25, 0.3) is 0 Å². The van der Waals surface area contributed by atoms with Crippen molar-refractivity contribution in [2.24, 2.45) is 0 Å². The van der Waals surface area contributed by atoms with E-state index in [1.165, 1.54) is 21.4 Å². The average Bonchev–Trinajstić information content (AvgIpc) is 2.85. The summed E-state index contributed by atoms with van der Waals surface area (Å²) < 4.78 is 1.25. The van der Waals surface area contributed by atoms with Crippen LogP contribution in [0.2, 0.25) is 0 Å². The Morgan fingerprint density at radius 1 is 1.00 bits per heavy atom. The summed E-state index contributed by atoms with van der Waals surface area (Å²) in [6.07, 6.45) is 0. The van der Waals surface area contributed by atoms with E-state index >= 15 is 0 Å². The van der Waals surface area contributed by atoms with Crippen LogP contribution < -0.4 is 0 Å². The molecule has 3 aromatic rings. The van der Waals surface area contributed by atoms with Crippen LogP contribution in [0.1, 0.15) is 26.3 Å². The van der Waals surface area contributed by atoms with E-state index in [1.807, 2.05) is 5.51 Å². The molecule has 0 fully saturated rings. The minimum absolute atomic E-state index is 0.152. The zero-order chi connectivity index (χ0) is 13.5. The maximum absolute atomic E-state index is 4.34. The smallest absolute Gasteiger partial charge is 0.0812 e. The van der Waals surface area contributed by atoms with Gasteiger partial charge < -0.3 is 0 Å². The van der Waals surface area contributed by atoms with E-state index in [0.717, 1.165) is 5.52 Å². The summed E-state index contributed by atoms with van der Waals surface area (Å²) in [5, 5.41) is 0. The second-order valence-corrected chi connectivity index (χ2v) is 6.72. The number of rotatable bonds is 1. The van der Waals surface area contributed by atoms with Crippen LogP contribution in [0.5, 0.6) is 0 Å². The van der Waals surface area contributed by atoms with Crippen LogP contribution >= 0.6 is 11.3 Å². The first-order valence-electron chi connectivity index (χ1n) is 6.49. The van der Waals surface area contributed by atoms with E-state index in [4.69, 9.17) is 0 Å². The molecule has 2 aromatic carbocycles. The summed E-state index contributed by atoms with van der Waals surface area (Å²) in [5.41, 5.74) is 7.14. The summed E-state index contributed by atoms with van der Waals surface area (Å²) in [6.45, 7) is 6.78. The van der Waals surface area contributed by atoms with E-state index < -0.39 is 0 Å². The minimum Gasteiger partial charge on any atom is -0.245 e. The summed E-state index contributed by atoms with van der Waals surface area (Å²) in [6, 6.07) is 15.2. The Bertz CT molecular complexity index is 719. The summed E-state index contributed by atoms with van der Waals surface area (Å²) in [5.74, 6) is 0. The molecular weight excluding hydrogens is 250 g/mol. The van der Waals surface area contributed by atoms with Gasteiger partial charge in [0.2, 0.25) is 0 Å². The van der Waals surface area contributed by atoms with Gasteiger partial charge in [-0.1, -0.05) is 51.1 Å². The molecule has 0 saturated heterocycles. The first-order chi connectivity index (χ1) is 9.05. The minimum atomic E-state index is 0.152. The molecule has 0 unspecified atom stereocenters. The third-order valence-corrected chi connectivity index (χ3v) is 4.17. The van der Waals surface area contributed by atoms with Gasteiger partial charge in [0.1, 0.15) is 0 Å². The highest BCUT2D eigenvalue weighted by Gasteiger charge is 2.18. The summed E-state index contributed by atoms with van der Waals surface area (Å²) in [4.78, 5) is 4.34. The van der Waals surface area contributed by atoms with Crippen LogP contribution in [-0.2, 0) is 5.41 Å². The molecule has 0 radical (unpaired) electrons. The highest BCUT2D eigenvalue weighted by atomic mass is 32.1. The van der Waals surface area contributed by atoms with Gasteiger partial charge in [0.15, 0.2) is 0 Å². The second kappa shape index (κ2) is 4.46. The topological polar surface area (TPSA) is 12.9 Å². The Labute approximate surface area is 117 Å². The van der Waals surface area contributed by atoms with Crippen molar-refractivity contribution in [1.82, 2.24) is 4.98 Å². The van der Waals surface area contributed by atoms with E-state index in [-0.39, 0.29) is 5.41 Å². The third-order valence-electron chi connectivity index (χ3n) is 3.38. The van der Waals surface area contributed by atoms with E-state index in [9.17, 15) is 0 Å². The normalized spacial score (nSPS) is 11.9. The van der Waals surface area contributed by atoms with Gasteiger partial charge in [-0.25, -0.2) is 4.98 Å². The number of thiazole rings is 1. The number of hydrogen-bond acceptors (Lipinski definition) is 2. The Morgan fingerprint density at radius 2 is 1.79 bits per heavy atom. The molecule has 0 atom stereocenters. The van der Waals surface area contributed by atoms with E-state index in [2.05, 4.69) is 68.2 Å². The van der Waals surface area contributed by atoms with Gasteiger partial charge in [-0.15, -0.1) is 11.3 Å². The van der Waals surface area contributed by atoms with E-state index in [0.29, 0.717) is 0 Å². The molecule has 96 valence electrons. The van der Waals surface area contributed by atoms with Crippen molar-refractivity contribution in [3.05, 3.63) is 53.5 Å². The average molecular weight is 267 g/mol. The molecule has 0 aliphatic rings. The van der Waals surface area contributed by atoms with E-state index in [1.54, 1.807) is 11.3 Å². The van der Waals surface area contributed by atoms with Crippen molar-refractivity contribution in [3.8, 4) is 11.1 Å². The highest BCUT2D eigenvalue weighted by molar-refractivity contribution is 7.16. The maximum Gasteiger partial charge on any atom is 0.0812 e. The quantitative estimate of drug-likeness (QED) is 0.586. The number of nitrogens with zero attached hydrogens (tertiary/aromatic N) is 1. The molecular formula is C17H17NS. The van der Waals surface area contributed by atoms with Crippen LogP contribution in [0.3, 0.4) is 0 Å². The van der Waals surface area contributed by atoms with Gasteiger partial charge in [-0.2, -0.15) is 0 Å². The Morgan fingerprint density at radius 3 is 2.58 bits per heavy atom. The SMILES string of the molecule is CC(C)(C)c1ccccc1-c1ccc2ncsc2c1. The second-order valence-electron chi connectivity index (χ2n) is 5.83. The molecule has 0 amide bonds. The first-order valence-corrected chi connectivity index (χ1v) is 7.37. The predicted octanol–water partition coefficient (Wildman–Crippen LogP) is 5.26. The fraction of sp³-hybridized carbons (Fsp3) is 0.235. The van der Waals surface area contributed by atoms with Gasteiger partial charge in [0.05, 0.1) is 15.7 Å². The van der Waals surface area contributed by atoms with Crippen LogP contribution in [0, 0.1) is 0 Å². The van der Waals surface area contributed by atoms with Gasteiger partial charge in [-0.3, -0.25) is 0 Å². The van der Waals surface area contributed by atoms with Crippen molar-refractivity contribution in [2.45, 2.75) is 26.2 Å². The third kappa shape index (κ3) is 2.28. The van der Waals surface area contributed by atoms with Crippen LogP contribution in [0.25, 0.3) is 21.3 Å². The maximum atomic E-state index is 4.34. The molecule has 3 rings (SSSR count). The number of fused-ring (bicyclic) bond motifs is 1. The Kier molecular flexibility index (Phi) is 2.90. The van der Waals surface area contributed by atoms with Gasteiger partial charge >= 0.3 is 0 Å². The molecule has 0 aliphatic carbocycles. The molecule has 1 heterocycles. The molecule has 0 saturated carbocycles. The lowest BCUT2D eigenvalue weighted by Gasteiger charge is -2.23. The Hall–Kier alpha value is -1.67. The standard InChI is InChI=1S/C17H17NS/c1-17(2,3)14-7-5-4-6-13(14)12-8-9-15-16(10-12)19-11-18-15/h4-11H,1-3H3. The van der Waals surface area contributed by atoms with Crippen LogP contribution in [0.15, 0.2) is 48.0 Å². The lowest BCUT2D eigenvalue weighted by molar-refractivity contribution is 0.592. The summed E-state index contributed by atoms with van der Waals surface area (Å²) in [7, 11) is 0. The monoisotopic (exact) mass is 267 g/mol. The largest absolute Gasteiger partial charge is 0.245 e. The number of aromatic nitrogens is 1. The molecule has 19 heavy (non-hydrogen) atoms. The lowest BCUT2D eigenvalue weighted by atomic mass is 9.82. The Balaban J connectivity index is 2.21. The highest BCUT2D eigenvalue weighted by Crippen LogP contribution is 2.34.